The van der Waals surface area contributed by atoms with E-state index in [9.17, 15) is 13.2 Å². The zero-order valence-corrected chi connectivity index (χ0v) is 13.7. The molecule has 0 unspecified atom stereocenters. The minimum absolute atomic E-state index is 0.0787. The van der Waals surface area contributed by atoms with E-state index in [4.69, 9.17) is 5.11 Å². The molecule has 8 heteroatoms. The van der Waals surface area contributed by atoms with Crippen molar-refractivity contribution >= 4 is 47.9 Å². The number of nitrogens with zero attached hydrogens (tertiary/aromatic N) is 1. The molecule has 1 aliphatic rings. The van der Waals surface area contributed by atoms with Crippen molar-refractivity contribution in [2.24, 2.45) is 0 Å². The van der Waals surface area contributed by atoms with E-state index in [1.54, 1.807) is 12.1 Å². The van der Waals surface area contributed by atoms with Crippen molar-refractivity contribution in [3.05, 3.63) is 27.1 Å². The van der Waals surface area contributed by atoms with Gasteiger partial charge >= 0.3 is 5.97 Å². The molecule has 1 fully saturated rings. The summed E-state index contributed by atoms with van der Waals surface area (Å²) < 4.78 is 27.2. The molecule has 5 nitrogen and oxygen atoms in total. The molecule has 0 radical (unpaired) electrons. The van der Waals surface area contributed by atoms with Gasteiger partial charge in [0, 0.05) is 15.5 Å². The predicted molar refractivity (Wildman–Crippen MR) is 76.4 cm³/mol. The van der Waals surface area contributed by atoms with Gasteiger partial charge in [-0.1, -0.05) is 15.9 Å². The number of carboxylic acids is 1. The minimum Gasteiger partial charge on any atom is -0.480 e. The summed E-state index contributed by atoms with van der Waals surface area (Å²) in [5.41, 5.74) is 0. The Hall–Kier alpha value is -0.440. The average Bonchev–Trinajstić information content (AvgIpc) is 2.82. The molecular weight excluding hydrogens is 402 g/mol. The van der Waals surface area contributed by atoms with Crippen LogP contribution in [-0.2, 0) is 14.8 Å². The molecule has 2 rings (SSSR count). The van der Waals surface area contributed by atoms with Gasteiger partial charge in [0.2, 0.25) is 10.0 Å². The van der Waals surface area contributed by atoms with Gasteiger partial charge in [-0.3, -0.25) is 4.79 Å². The van der Waals surface area contributed by atoms with Crippen LogP contribution in [0.2, 0.25) is 0 Å². The highest BCUT2D eigenvalue weighted by Gasteiger charge is 2.40. The van der Waals surface area contributed by atoms with E-state index >= 15 is 0 Å². The Bertz CT molecular complexity index is 617. The van der Waals surface area contributed by atoms with Gasteiger partial charge in [0.1, 0.15) is 6.04 Å². The topological polar surface area (TPSA) is 74.7 Å². The van der Waals surface area contributed by atoms with Gasteiger partial charge in [0.25, 0.3) is 0 Å². The second kappa shape index (κ2) is 5.51. The maximum absolute atomic E-state index is 12.5. The number of hydrogen-bond donors (Lipinski definition) is 1. The first-order chi connectivity index (χ1) is 8.84. The van der Waals surface area contributed by atoms with Crippen LogP contribution >= 0.6 is 31.9 Å². The van der Waals surface area contributed by atoms with Gasteiger partial charge in [0.15, 0.2) is 0 Å². The van der Waals surface area contributed by atoms with Crippen LogP contribution in [0.5, 0.6) is 0 Å². The number of sulfonamides is 1. The van der Waals surface area contributed by atoms with Gasteiger partial charge in [-0.25, -0.2) is 8.42 Å². The third-order valence-corrected chi connectivity index (χ3v) is 6.36. The maximum atomic E-state index is 12.5. The van der Waals surface area contributed by atoms with Crippen LogP contribution in [-0.4, -0.2) is 36.4 Å². The van der Waals surface area contributed by atoms with E-state index in [0.717, 1.165) is 4.31 Å². The highest BCUT2D eigenvalue weighted by atomic mass is 79.9. The van der Waals surface area contributed by atoms with E-state index in [0.29, 0.717) is 21.8 Å². The molecule has 0 aliphatic carbocycles. The molecule has 1 aromatic rings. The normalized spacial score (nSPS) is 20.6. The molecule has 19 heavy (non-hydrogen) atoms. The Morgan fingerprint density at radius 2 is 2.05 bits per heavy atom. The van der Waals surface area contributed by atoms with Crippen LogP contribution in [0.3, 0.4) is 0 Å². The van der Waals surface area contributed by atoms with E-state index in [2.05, 4.69) is 31.9 Å². The lowest BCUT2D eigenvalue weighted by Gasteiger charge is -2.21. The van der Waals surface area contributed by atoms with Crippen molar-refractivity contribution in [2.75, 3.05) is 6.54 Å². The molecule has 1 N–H and O–H groups in total. The van der Waals surface area contributed by atoms with Crippen molar-refractivity contribution in [2.45, 2.75) is 23.8 Å². The molecule has 104 valence electrons. The number of carbonyl (C=O) groups is 1. The van der Waals surface area contributed by atoms with Crippen LogP contribution in [0, 0.1) is 0 Å². The number of hydrogen-bond acceptors (Lipinski definition) is 3. The molecule has 1 aliphatic heterocycles. The van der Waals surface area contributed by atoms with E-state index in [1.165, 1.54) is 6.07 Å². The second-order valence-electron chi connectivity index (χ2n) is 4.19. The van der Waals surface area contributed by atoms with Crippen LogP contribution in [0.4, 0.5) is 0 Å². The summed E-state index contributed by atoms with van der Waals surface area (Å²) >= 11 is 6.42. The zero-order chi connectivity index (χ0) is 14.2. The van der Waals surface area contributed by atoms with Crippen molar-refractivity contribution in [1.82, 2.24) is 4.31 Å². The summed E-state index contributed by atoms with van der Waals surface area (Å²) in [6.45, 7) is 0.234. The zero-order valence-electron chi connectivity index (χ0n) is 9.71. The number of benzene rings is 1. The lowest BCUT2D eigenvalue weighted by atomic mass is 10.2. The van der Waals surface area contributed by atoms with Gasteiger partial charge in [-0.05, 0) is 47.0 Å². The van der Waals surface area contributed by atoms with Gasteiger partial charge in [-0.15, -0.1) is 0 Å². The average molecular weight is 413 g/mol. The summed E-state index contributed by atoms with van der Waals surface area (Å²) in [6.07, 6.45) is 0.905. The summed E-state index contributed by atoms with van der Waals surface area (Å²) in [6, 6.07) is 3.82. The second-order valence-corrected chi connectivity index (χ2v) is 7.82. The highest BCUT2D eigenvalue weighted by Crippen LogP contribution is 2.32. The minimum atomic E-state index is -3.81. The number of carboxylic acid groups (broad SMARTS) is 1. The monoisotopic (exact) mass is 411 g/mol. The first-order valence-electron chi connectivity index (χ1n) is 5.54. The quantitative estimate of drug-likeness (QED) is 0.827. The number of aliphatic carboxylic acids is 1. The summed E-state index contributed by atoms with van der Waals surface area (Å²) in [5.74, 6) is -1.10. The van der Waals surface area contributed by atoms with Gasteiger partial charge in [-0.2, -0.15) is 4.31 Å². The molecular formula is C11H11Br2NO4S. The number of halogens is 2. The third kappa shape index (κ3) is 2.86. The lowest BCUT2D eigenvalue weighted by Crippen LogP contribution is -2.40. The summed E-state index contributed by atoms with van der Waals surface area (Å²) in [7, 11) is -3.81. The van der Waals surface area contributed by atoms with Crippen LogP contribution in [0.1, 0.15) is 12.8 Å². The predicted octanol–water partition coefficient (Wildman–Crippen LogP) is 2.45. The van der Waals surface area contributed by atoms with Crippen molar-refractivity contribution in [3.63, 3.8) is 0 Å². The Kier molecular flexibility index (Phi) is 4.34. The SMILES string of the molecule is O=C(O)[C@H]1CCCN1S(=O)(=O)c1cc(Br)ccc1Br. The molecule has 0 aromatic heterocycles. The molecule has 0 spiro atoms. The molecule has 1 saturated heterocycles. The molecule has 0 saturated carbocycles. The molecule has 0 amide bonds. The first-order valence-corrected chi connectivity index (χ1v) is 8.56. The van der Waals surface area contributed by atoms with E-state index < -0.39 is 22.0 Å². The van der Waals surface area contributed by atoms with Gasteiger partial charge in [0.05, 0.1) is 4.90 Å². The van der Waals surface area contributed by atoms with Gasteiger partial charge < -0.3 is 5.11 Å². The fraction of sp³-hybridized carbons (Fsp3) is 0.364. The first kappa shape index (κ1) is 15.0. The van der Waals surface area contributed by atoms with Crippen LogP contribution in [0.15, 0.2) is 32.0 Å². The van der Waals surface area contributed by atoms with Crippen molar-refractivity contribution in [3.8, 4) is 0 Å². The molecule has 0 bridgehead atoms. The highest BCUT2D eigenvalue weighted by molar-refractivity contribution is 9.11. The Morgan fingerprint density at radius 1 is 1.37 bits per heavy atom. The fourth-order valence-corrected chi connectivity index (χ4v) is 5.19. The molecule has 1 heterocycles. The van der Waals surface area contributed by atoms with Crippen molar-refractivity contribution < 1.29 is 18.3 Å². The maximum Gasteiger partial charge on any atom is 0.322 e. The molecule has 1 atom stereocenters. The third-order valence-electron chi connectivity index (χ3n) is 2.97. The van der Waals surface area contributed by atoms with Crippen molar-refractivity contribution in [1.29, 1.82) is 0 Å². The largest absolute Gasteiger partial charge is 0.480 e. The Labute approximate surface area is 127 Å². The van der Waals surface area contributed by atoms with Crippen LogP contribution in [0.25, 0.3) is 0 Å². The molecule has 1 aromatic carbocycles. The van der Waals surface area contributed by atoms with E-state index in [-0.39, 0.29) is 11.4 Å². The van der Waals surface area contributed by atoms with Crippen LogP contribution < -0.4 is 0 Å². The standard InChI is InChI=1S/C11H11Br2NO4S/c12-7-3-4-8(13)10(6-7)19(17,18)14-5-1-2-9(14)11(15)16/h3-4,6,9H,1-2,5H2,(H,15,16)/t9-/m1/s1. The fourth-order valence-electron chi connectivity index (χ4n) is 2.08. The summed E-state index contributed by atoms with van der Waals surface area (Å²) in [5, 5.41) is 9.09. The Balaban J connectivity index is 2.48. The smallest absolute Gasteiger partial charge is 0.322 e. The lowest BCUT2D eigenvalue weighted by molar-refractivity contribution is -0.140. The summed E-state index contributed by atoms with van der Waals surface area (Å²) in [4.78, 5) is 11.2. The Morgan fingerprint density at radius 3 is 2.68 bits per heavy atom. The number of rotatable bonds is 3. The van der Waals surface area contributed by atoms with E-state index in [1.807, 2.05) is 0 Å².